The Hall–Kier alpha value is -1.75. The summed E-state index contributed by atoms with van der Waals surface area (Å²) in [5.41, 5.74) is 0.510. The van der Waals surface area contributed by atoms with E-state index in [9.17, 15) is 9.59 Å². The summed E-state index contributed by atoms with van der Waals surface area (Å²) in [5, 5.41) is 9.43. The topological polar surface area (TPSA) is 66.8 Å². The largest absolute Gasteiger partial charge is 0.490 e. The predicted octanol–water partition coefficient (Wildman–Crippen LogP) is 3.99. The van der Waals surface area contributed by atoms with Crippen LogP contribution in [0.2, 0.25) is 5.02 Å². The summed E-state index contributed by atoms with van der Waals surface area (Å²) in [7, 11) is 0. The number of piperidine rings is 1. The molecule has 0 radical (unpaired) electrons. The smallest absolute Gasteiger partial charge is 0.303 e. The maximum absolute atomic E-state index is 12.9. The van der Waals surface area contributed by atoms with E-state index >= 15 is 0 Å². The van der Waals surface area contributed by atoms with E-state index in [1.165, 1.54) is 12.8 Å². The Morgan fingerprint density at radius 3 is 2.48 bits per heavy atom. The number of ether oxygens (including phenoxy) is 1. The molecule has 136 valence electrons. The zero-order valence-electron chi connectivity index (χ0n) is 14.2. The van der Waals surface area contributed by atoms with Gasteiger partial charge in [0.05, 0.1) is 11.7 Å². The van der Waals surface area contributed by atoms with Gasteiger partial charge in [0, 0.05) is 24.5 Å². The fourth-order valence-electron chi connectivity index (χ4n) is 3.72. The van der Waals surface area contributed by atoms with E-state index in [4.69, 9.17) is 21.4 Å². The van der Waals surface area contributed by atoms with Gasteiger partial charge < -0.3 is 14.7 Å². The van der Waals surface area contributed by atoms with Gasteiger partial charge in [-0.2, -0.15) is 0 Å². The van der Waals surface area contributed by atoms with E-state index in [0.29, 0.717) is 29.4 Å². The molecule has 0 aromatic heterocycles. The first-order valence-corrected chi connectivity index (χ1v) is 9.38. The summed E-state index contributed by atoms with van der Waals surface area (Å²) in [4.78, 5) is 25.6. The van der Waals surface area contributed by atoms with Gasteiger partial charge >= 0.3 is 5.97 Å². The maximum Gasteiger partial charge on any atom is 0.303 e. The molecule has 1 N–H and O–H groups in total. The number of nitrogens with zero attached hydrogens (tertiary/aromatic N) is 1. The summed E-state index contributed by atoms with van der Waals surface area (Å²) in [6.07, 6.45) is 6.17. The third-order valence-electron chi connectivity index (χ3n) is 5.13. The fraction of sp³-hybridized carbons (Fsp3) is 0.579. The van der Waals surface area contributed by atoms with Crippen molar-refractivity contribution in [1.82, 2.24) is 4.90 Å². The molecule has 0 spiro atoms. The molecule has 1 aliphatic carbocycles. The molecule has 1 saturated heterocycles. The average Bonchev–Trinajstić information content (AvgIpc) is 3.09. The van der Waals surface area contributed by atoms with Crippen molar-refractivity contribution < 1.29 is 19.4 Å². The van der Waals surface area contributed by atoms with Crippen molar-refractivity contribution in [2.24, 2.45) is 5.92 Å². The van der Waals surface area contributed by atoms with Crippen LogP contribution in [-0.2, 0) is 4.79 Å². The molecular weight excluding hydrogens is 342 g/mol. The molecule has 1 aliphatic heterocycles. The quantitative estimate of drug-likeness (QED) is 0.856. The summed E-state index contributed by atoms with van der Waals surface area (Å²) in [5.74, 6) is -0.0970. The Morgan fingerprint density at radius 2 is 1.84 bits per heavy atom. The summed E-state index contributed by atoms with van der Waals surface area (Å²) in [6, 6.07) is 5.21. The number of carboxylic acid groups (broad SMARTS) is 1. The predicted molar refractivity (Wildman–Crippen MR) is 95.2 cm³/mol. The Labute approximate surface area is 152 Å². The van der Waals surface area contributed by atoms with Gasteiger partial charge in [0.15, 0.2) is 0 Å². The number of halogens is 1. The van der Waals surface area contributed by atoms with Crippen molar-refractivity contribution in [3.63, 3.8) is 0 Å². The molecule has 1 aromatic carbocycles. The third-order valence-corrected chi connectivity index (χ3v) is 5.37. The average molecular weight is 366 g/mol. The molecule has 0 unspecified atom stereocenters. The van der Waals surface area contributed by atoms with E-state index in [-0.39, 0.29) is 24.3 Å². The van der Waals surface area contributed by atoms with Crippen LogP contribution in [0.3, 0.4) is 0 Å². The second-order valence-electron chi connectivity index (χ2n) is 7.00. The van der Waals surface area contributed by atoms with Crippen LogP contribution in [-0.4, -0.2) is 41.1 Å². The highest BCUT2D eigenvalue weighted by Crippen LogP contribution is 2.31. The fourth-order valence-corrected chi connectivity index (χ4v) is 3.89. The molecule has 3 rings (SSSR count). The Bertz CT molecular complexity index is 634. The number of carboxylic acids is 1. The lowest BCUT2D eigenvalue weighted by Crippen LogP contribution is -2.39. The second-order valence-corrected chi connectivity index (χ2v) is 7.43. The van der Waals surface area contributed by atoms with E-state index in [0.717, 1.165) is 25.7 Å². The number of benzene rings is 1. The lowest BCUT2D eigenvalue weighted by atomic mass is 9.93. The standard InChI is InChI=1S/C19H24ClNO4/c20-14-5-6-17(25-15-3-1-2-4-15)16(12-14)19(24)21-9-7-13(8-10-21)11-18(22)23/h5-6,12-13,15H,1-4,7-11H2,(H,22,23). The molecule has 0 atom stereocenters. The molecule has 1 saturated carbocycles. The summed E-state index contributed by atoms with van der Waals surface area (Å²) < 4.78 is 6.06. The zero-order chi connectivity index (χ0) is 17.8. The van der Waals surface area contributed by atoms with Gasteiger partial charge in [0.25, 0.3) is 5.91 Å². The Morgan fingerprint density at radius 1 is 1.16 bits per heavy atom. The van der Waals surface area contributed by atoms with Crippen LogP contribution in [0.1, 0.15) is 55.3 Å². The minimum atomic E-state index is -0.771. The van der Waals surface area contributed by atoms with Crippen LogP contribution >= 0.6 is 11.6 Å². The van der Waals surface area contributed by atoms with Gasteiger partial charge in [-0.1, -0.05) is 11.6 Å². The molecule has 0 bridgehead atoms. The normalized spacial score (nSPS) is 19.2. The van der Waals surface area contributed by atoms with Gasteiger partial charge in [-0.05, 0) is 62.6 Å². The van der Waals surface area contributed by atoms with Crippen molar-refractivity contribution in [3.05, 3.63) is 28.8 Å². The van der Waals surface area contributed by atoms with Gasteiger partial charge in [-0.25, -0.2) is 0 Å². The highest BCUT2D eigenvalue weighted by molar-refractivity contribution is 6.31. The molecule has 2 aliphatic rings. The van der Waals surface area contributed by atoms with Gasteiger partial charge in [-0.15, -0.1) is 0 Å². The first-order valence-electron chi connectivity index (χ1n) is 9.00. The van der Waals surface area contributed by atoms with Gasteiger partial charge in [-0.3, -0.25) is 9.59 Å². The monoisotopic (exact) mass is 365 g/mol. The van der Waals surface area contributed by atoms with Crippen molar-refractivity contribution in [2.75, 3.05) is 13.1 Å². The number of likely N-dealkylation sites (tertiary alicyclic amines) is 1. The van der Waals surface area contributed by atoms with Crippen LogP contribution in [0.25, 0.3) is 0 Å². The van der Waals surface area contributed by atoms with Crippen molar-refractivity contribution in [1.29, 1.82) is 0 Å². The van der Waals surface area contributed by atoms with E-state index < -0.39 is 5.97 Å². The summed E-state index contributed by atoms with van der Waals surface area (Å²) in [6.45, 7) is 1.15. The lowest BCUT2D eigenvalue weighted by Gasteiger charge is -2.32. The number of amides is 1. The number of carbonyl (C=O) groups excluding carboxylic acids is 1. The maximum atomic E-state index is 12.9. The summed E-state index contributed by atoms with van der Waals surface area (Å²) >= 11 is 6.11. The molecule has 6 heteroatoms. The van der Waals surface area contributed by atoms with Crippen LogP contribution < -0.4 is 4.74 Å². The highest BCUT2D eigenvalue weighted by Gasteiger charge is 2.27. The van der Waals surface area contributed by atoms with Crippen LogP contribution in [0, 0.1) is 5.92 Å². The zero-order valence-corrected chi connectivity index (χ0v) is 15.0. The molecule has 5 nitrogen and oxygen atoms in total. The minimum Gasteiger partial charge on any atom is -0.490 e. The third kappa shape index (κ3) is 4.66. The first-order chi connectivity index (χ1) is 12.0. The first kappa shape index (κ1) is 18.1. The molecule has 2 fully saturated rings. The minimum absolute atomic E-state index is 0.0794. The van der Waals surface area contributed by atoms with Crippen molar-refractivity contribution >= 4 is 23.5 Å². The Balaban J connectivity index is 1.69. The molecule has 1 heterocycles. The SMILES string of the molecule is O=C(O)CC1CCN(C(=O)c2cc(Cl)ccc2OC2CCCC2)CC1. The molecule has 25 heavy (non-hydrogen) atoms. The van der Waals surface area contributed by atoms with Gasteiger partial charge in [0.1, 0.15) is 5.75 Å². The second kappa shape index (κ2) is 8.09. The lowest BCUT2D eigenvalue weighted by molar-refractivity contribution is -0.138. The van der Waals surface area contributed by atoms with Crippen LogP contribution in [0.15, 0.2) is 18.2 Å². The molecular formula is C19H24ClNO4. The van der Waals surface area contributed by atoms with Crippen LogP contribution in [0.4, 0.5) is 0 Å². The number of aliphatic carboxylic acids is 1. The highest BCUT2D eigenvalue weighted by atomic mass is 35.5. The Kier molecular flexibility index (Phi) is 5.84. The van der Waals surface area contributed by atoms with E-state index in [1.807, 2.05) is 0 Å². The molecule has 1 amide bonds. The number of rotatable bonds is 5. The number of hydrogen-bond acceptors (Lipinski definition) is 3. The van der Waals surface area contributed by atoms with E-state index in [1.54, 1.807) is 23.1 Å². The number of hydrogen-bond donors (Lipinski definition) is 1. The molecule has 1 aromatic rings. The van der Waals surface area contributed by atoms with Crippen molar-refractivity contribution in [3.8, 4) is 5.75 Å². The number of carbonyl (C=O) groups is 2. The van der Waals surface area contributed by atoms with Crippen molar-refractivity contribution in [2.45, 2.75) is 51.0 Å². The van der Waals surface area contributed by atoms with Crippen LogP contribution in [0.5, 0.6) is 5.75 Å². The van der Waals surface area contributed by atoms with Gasteiger partial charge in [0.2, 0.25) is 0 Å². The van der Waals surface area contributed by atoms with E-state index in [2.05, 4.69) is 0 Å².